The molecule has 0 fully saturated rings. The van der Waals surface area contributed by atoms with E-state index in [0.29, 0.717) is 55.2 Å². The van der Waals surface area contributed by atoms with Gasteiger partial charge in [0.2, 0.25) is 0 Å². The molecule has 4 aromatic rings. The van der Waals surface area contributed by atoms with Crippen molar-refractivity contribution in [2.75, 3.05) is 12.5 Å². The zero-order chi connectivity index (χ0) is 26.2. The summed E-state index contributed by atoms with van der Waals surface area (Å²) in [6, 6.07) is 23.4. The van der Waals surface area contributed by atoms with E-state index in [0.717, 1.165) is 16.5 Å². The maximum Gasteiger partial charge on any atom is 0.305 e. The molecule has 3 aromatic carbocycles. The van der Waals surface area contributed by atoms with Gasteiger partial charge in [-0.1, -0.05) is 48.0 Å². The number of nitrogens with zero attached hydrogens (tertiary/aromatic N) is 1. The summed E-state index contributed by atoms with van der Waals surface area (Å²) in [5.74, 6) is 0.920. The molecule has 1 aromatic heterocycles. The Bertz CT molecular complexity index is 1340. The third-order valence-corrected chi connectivity index (χ3v) is 6.55. The number of ketones is 1. The van der Waals surface area contributed by atoms with Crippen molar-refractivity contribution in [1.29, 1.82) is 0 Å². The fraction of sp³-hybridized carbons (Fsp3) is 0.290. The van der Waals surface area contributed by atoms with Crippen LogP contribution in [0.2, 0.25) is 0 Å². The van der Waals surface area contributed by atoms with Crippen LogP contribution in [0.25, 0.3) is 10.9 Å². The molecule has 0 N–H and O–H groups in total. The smallest absolute Gasteiger partial charge is 0.305 e. The Balaban J connectivity index is 1.50. The predicted octanol–water partition coefficient (Wildman–Crippen LogP) is 7.27. The summed E-state index contributed by atoms with van der Waals surface area (Å²) in [4.78, 5) is 25.2. The van der Waals surface area contributed by atoms with Crippen LogP contribution in [-0.4, -0.2) is 28.8 Å². The van der Waals surface area contributed by atoms with Gasteiger partial charge >= 0.3 is 5.97 Å². The zero-order valence-corrected chi connectivity index (χ0v) is 22.0. The van der Waals surface area contributed by atoms with E-state index in [-0.39, 0.29) is 17.9 Å². The highest BCUT2D eigenvalue weighted by molar-refractivity contribution is 6.18. The van der Waals surface area contributed by atoms with Crippen LogP contribution in [0.4, 0.5) is 0 Å². The predicted molar refractivity (Wildman–Crippen MR) is 148 cm³/mol. The summed E-state index contributed by atoms with van der Waals surface area (Å²) in [5.41, 5.74) is 4.46. The molecule has 1 heterocycles. The number of hydrogen-bond donors (Lipinski definition) is 0. The molecule has 0 aliphatic heterocycles. The highest BCUT2D eigenvalue weighted by Gasteiger charge is 2.18. The van der Waals surface area contributed by atoms with E-state index >= 15 is 0 Å². The van der Waals surface area contributed by atoms with E-state index in [1.165, 1.54) is 5.56 Å². The van der Waals surface area contributed by atoms with Gasteiger partial charge in [0.25, 0.3) is 0 Å². The van der Waals surface area contributed by atoms with Crippen molar-refractivity contribution in [1.82, 2.24) is 4.57 Å². The van der Waals surface area contributed by atoms with E-state index in [9.17, 15) is 9.59 Å². The van der Waals surface area contributed by atoms with Gasteiger partial charge in [-0.15, -0.1) is 11.6 Å². The number of aromatic nitrogens is 1. The molecule has 37 heavy (non-hydrogen) atoms. The van der Waals surface area contributed by atoms with Gasteiger partial charge in [-0.2, -0.15) is 0 Å². The molecule has 0 bridgehead atoms. The third kappa shape index (κ3) is 6.60. The van der Waals surface area contributed by atoms with Gasteiger partial charge < -0.3 is 14.0 Å². The lowest BCUT2D eigenvalue weighted by molar-refractivity contribution is -0.143. The number of esters is 1. The Morgan fingerprint density at radius 2 is 1.70 bits per heavy atom. The number of carbonyl (C=O) groups is 2. The Labute approximate surface area is 223 Å². The fourth-order valence-corrected chi connectivity index (χ4v) is 4.62. The van der Waals surface area contributed by atoms with Crippen molar-refractivity contribution in [3.8, 4) is 5.75 Å². The lowest BCUT2D eigenvalue weighted by Crippen LogP contribution is -2.09. The van der Waals surface area contributed by atoms with Crippen molar-refractivity contribution in [3.63, 3.8) is 0 Å². The number of benzene rings is 3. The highest BCUT2D eigenvalue weighted by atomic mass is 35.5. The molecule has 0 saturated heterocycles. The topological polar surface area (TPSA) is 57.5 Å². The summed E-state index contributed by atoms with van der Waals surface area (Å²) in [7, 11) is 0. The number of halogens is 1. The Morgan fingerprint density at radius 1 is 0.973 bits per heavy atom. The number of fused-ring (bicyclic) bond motifs is 1. The van der Waals surface area contributed by atoms with E-state index < -0.39 is 0 Å². The first-order valence-electron chi connectivity index (χ1n) is 12.7. The van der Waals surface area contributed by atoms with Gasteiger partial charge in [0, 0.05) is 53.5 Å². The summed E-state index contributed by atoms with van der Waals surface area (Å²) >= 11 is 6.04. The van der Waals surface area contributed by atoms with Crippen LogP contribution in [0.15, 0.2) is 79.0 Å². The van der Waals surface area contributed by atoms with Gasteiger partial charge in [-0.05, 0) is 56.2 Å². The minimum Gasteiger partial charge on any atom is -0.486 e. The van der Waals surface area contributed by atoms with Crippen molar-refractivity contribution in [2.45, 2.75) is 45.8 Å². The average molecular weight is 518 g/mol. The Kier molecular flexibility index (Phi) is 9.02. The van der Waals surface area contributed by atoms with Crippen molar-refractivity contribution in [2.24, 2.45) is 0 Å². The first kappa shape index (κ1) is 26.5. The lowest BCUT2D eigenvalue weighted by atomic mass is 10.0. The molecule has 0 aliphatic rings. The quantitative estimate of drug-likeness (QED) is 0.113. The number of aryl methyl sites for hydroxylation is 2. The van der Waals surface area contributed by atoms with Crippen LogP contribution in [-0.2, 0) is 16.1 Å². The van der Waals surface area contributed by atoms with Crippen LogP contribution < -0.4 is 4.74 Å². The van der Waals surface area contributed by atoms with Gasteiger partial charge in [0.1, 0.15) is 11.9 Å². The maximum absolute atomic E-state index is 13.5. The molecule has 1 unspecified atom stereocenters. The molecule has 1 atom stereocenters. The Morgan fingerprint density at radius 3 is 2.41 bits per heavy atom. The van der Waals surface area contributed by atoms with Gasteiger partial charge in [-0.25, -0.2) is 0 Å². The normalized spacial score (nSPS) is 11.9. The minimum absolute atomic E-state index is 0.0530. The van der Waals surface area contributed by atoms with Crippen molar-refractivity contribution < 1.29 is 19.1 Å². The molecular weight excluding hydrogens is 486 g/mol. The highest BCUT2D eigenvalue weighted by Crippen LogP contribution is 2.28. The summed E-state index contributed by atoms with van der Waals surface area (Å²) < 4.78 is 13.3. The molecule has 4 rings (SSSR count). The second-order valence-corrected chi connectivity index (χ2v) is 9.39. The molecule has 0 aliphatic carbocycles. The summed E-state index contributed by atoms with van der Waals surface area (Å²) in [6.07, 6.45) is 3.39. The molecule has 5 nitrogen and oxygen atoms in total. The minimum atomic E-state index is -0.201. The standard InChI is InChI=1S/C31H32ClNO4/c1-3-36-30(34)9-6-20-33-21-27(26-7-4-5-8-28(26)33)31(35)24-14-16-25(17-15-24)37-29(18-19-32)23-12-10-22(2)11-13-23/h4-5,7-8,10-17,21,29H,3,6,9,18-20H2,1-2H3. The maximum atomic E-state index is 13.5. The van der Waals surface area contributed by atoms with Gasteiger partial charge in [-0.3, -0.25) is 9.59 Å². The van der Waals surface area contributed by atoms with Crippen LogP contribution in [0.1, 0.15) is 59.3 Å². The molecule has 0 saturated carbocycles. The van der Waals surface area contributed by atoms with E-state index in [1.807, 2.05) is 47.2 Å². The first-order chi connectivity index (χ1) is 18.0. The summed E-state index contributed by atoms with van der Waals surface area (Å²) in [6.45, 7) is 4.86. The fourth-order valence-electron chi connectivity index (χ4n) is 4.42. The third-order valence-electron chi connectivity index (χ3n) is 6.33. The van der Waals surface area contributed by atoms with Gasteiger partial charge in [0.05, 0.1) is 6.61 Å². The van der Waals surface area contributed by atoms with Crippen LogP contribution in [0, 0.1) is 6.92 Å². The molecular formula is C31H32ClNO4. The molecule has 0 spiro atoms. The number of hydrogen-bond acceptors (Lipinski definition) is 4. The molecule has 6 heteroatoms. The second-order valence-electron chi connectivity index (χ2n) is 9.01. The Hall–Kier alpha value is -3.57. The lowest BCUT2D eigenvalue weighted by Gasteiger charge is -2.19. The molecule has 192 valence electrons. The van der Waals surface area contributed by atoms with Crippen LogP contribution in [0.5, 0.6) is 5.75 Å². The van der Waals surface area contributed by atoms with E-state index in [2.05, 4.69) is 31.2 Å². The van der Waals surface area contributed by atoms with Crippen LogP contribution in [0.3, 0.4) is 0 Å². The van der Waals surface area contributed by atoms with Crippen molar-refractivity contribution in [3.05, 3.63) is 101 Å². The molecule has 0 radical (unpaired) electrons. The largest absolute Gasteiger partial charge is 0.486 e. The molecule has 0 amide bonds. The monoisotopic (exact) mass is 517 g/mol. The average Bonchev–Trinajstić information content (AvgIpc) is 3.28. The first-order valence-corrected chi connectivity index (χ1v) is 13.2. The number of para-hydroxylation sites is 1. The number of rotatable bonds is 12. The SMILES string of the molecule is CCOC(=O)CCCn1cc(C(=O)c2ccc(OC(CCCl)c3ccc(C)cc3)cc2)c2ccccc21. The van der Waals surface area contributed by atoms with E-state index in [1.54, 1.807) is 19.1 Å². The van der Waals surface area contributed by atoms with Crippen LogP contribution >= 0.6 is 11.6 Å². The number of alkyl halides is 1. The van der Waals surface area contributed by atoms with Gasteiger partial charge in [0.15, 0.2) is 5.78 Å². The zero-order valence-electron chi connectivity index (χ0n) is 21.3. The van der Waals surface area contributed by atoms with Crippen molar-refractivity contribution >= 4 is 34.3 Å². The second kappa shape index (κ2) is 12.6. The summed E-state index contributed by atoms with van der Waals surface area (Å²) in [5, 5.41) is 0.894. The number of carbonyl (C=O) groups excluding carboxylic acids is 2. The number of ether oxygens (including phenoxy) is 2. The van der Waals surface area contributed by atoms with E-state index in [4.69, 9.17) is 21.1 Å².